The minimum Gasteiger partial charge on any atom is -0.463 e. The summed E-state index contributed by atoms with van der Waals surface area (Å²) in [5.74, 6) is -0.627. The molecule has 7 heteroatoms. The number of ether oxygens (including phenoxy) is 2. The molecule has 1 aromatic rings. The van der Waals surface area contributed by atoms with Crippen LogP contribution in [-0.4, -0.2) is 23.5 Å². The van der Waals surface area contributed by atoms with Crippen LogP contribution in [0.25, 0.3) is 0 Å². The quantitative estimate of drug-likeness (QED) is 0.343. The van der Waals surface area contributed by atoms with Gasteiger partial charge in [0.05, 0.1) is 18.0 Å². The monoisotopic (exact) mass is 333 g/mol. The maximum absolute atomic E-state index is 12.1. The number of rotatable bonds is 6. The number of nitrogens with zero attached hydrogens (tertiary/aromatic N) is 1. The smallest absolute Gasteiger partial charge is 0.333 e. The highest BCUT2D eigenvalue weighted by Gasteiger charge is 2.22. The molecular formula is C17H19NO6. The first kappa shape index (κ1) is 17.7. The number of hydrogen-bond donors (Lipinski definition) is 0. The molecule has 1 aliphatic carbocycles. The average molecular weight is 333 g/mol. The Labute approximate surface area is 139 Å². The van der Waals surface area contributed by atoms with Gasteiger partial charge >= 0.3 is 11.9 Å². The second kappa shape index (κ2) is 8.24. The van der Waals surface area contributed by atoms with Crippen molar-refractivity contribution in [2.24, 2.45) is 0 Å². The second-order valence-corrected chi connectivity index (χ2v) is 5.41. The van der Waals surface area contributed by atoms with Gasteiger partial charge in [0.25, 0.3) is 5.69 Å². The number of hydrogen-bond acceptors (Lipinski definition) is 6. The number of benzene rings is 1. The van der Waals surface area contributed by atoms with Crippen molar-refractivity contribution in [1.29, 1.82) is 0 Å². The molecule has 7 nitrogen and oxygen atoms in total. The largest absolute Gasteiger partial charge is 0.463 e. The molecule has 0 radical (unpaired) electrons. The summed E-state index contributed by atoms with van der Waals surface area (Å²) >= 11 is 0. The zero-order chi connectivity index (χ0) is 17.5. The van der Waals surface area contributed by atoms with Gasteiger partial charge in [-0.2, -0.15) is 0 Å². The van der Waals surface area contributed by atoms with E-state index in [1.165, 1.54) is 24.3 Å². The number of non-ortho nitro benzene ring substituents is 1. The van der Waals surface area contributed by atoms with Gasteiger partial charge in [0, 0.05) is 17.7 Å². The van der Waals surface area contributed by atoms with E-state index < -0.39 is 10.9 Å². The lowest BCUT2D eigenvalue weighted by Crippen LogP contribution is -2.17. The minimum atomic E-state index is -0.524. The SMILES string of the molecule is CCOC(=O)C1=C(CC(=O)Oc2ccc([N+](=O)[O-])cc2)CCCC1. The van der Waals surface area contributed by atoms with Crippen LogP contribution in [0.4, 0.5) is 5.69 Å². The van der Waals surface area contributed by atoms with Crippen LogP contribution in [-0.2, 0) is 14.3 Å². The molecule has 0 saturated carbocycles. The molecule has 0 aromatic heterocycles. The Morgan fingerprint density at radius 1 is 1.17 bits per heavy atom. The minimum absolute atomic E-state index is 0.0190. The highest BCUT2D eigenvalue weighted by Crippen LogP contribution is 2.28. The van der Waals surface area contributed by atoms with E-state index in [0.29, 0.717) is 25.0 Å². The standard InChI is InChI=1S/C17H19NO6/c1-2-23-17(20)15-6-4-3-5-12(15)11-16(19)24-14-9-7-13(8-10-14)18(21)22/h7-10H,2-6,11H2,1H3. The third-order valence-electron chi connectivity index (χ3n) is 3.74. The maximum Gasteiger partial charge on any atom is 0.333 e. The van der Waals surface area contributed by atoms with E-state index in [9.17, 15) is 19.7 Å². The van der Waals surface area contributed by atoms with Gasteiger partial charge in [-0.25, -0.2) is 4.79 Å². The summed E-state index contributed by atoms with van der Waals surface area (Å²) in [4.78, 5) is 34.1. The van der Waals surface area contributed by atoms with Crippen LogP contribution < -0.4 is 4.74 Å². The average Bonchev–Trinajstić information content (AvgIpc) is 2.56. The molecule has 1 aliphatic rings. The van der Waals surface area contributed by atoms with Crippen molar-refractivity contribution in [3.05, 3.63) is 45.5 Å². The predicted molar refractivity (Wildman–Crippen MR) is 85.5 cm³/mol. The van der Waals surface area contributed by atoms with E-state index in [-0.39, 0.29) is 23.8 Å². The van der Waals surface area contributed by atoms with Crippen molar-refractivity contribution in [3.8, 4) is 5.75 Å². The summed E-state index contributed by atoms with van der Waals surface area (Å²) in [6, 6.07) is 5.29. The lowest BCUT2D eigenvalue weighted by atomic mass is 9.90. The molecular weight excluding hydrogens is 314 g/mol. The van der Waals surface area contributed by atoms with Gasteiger partial charge in [0.15, 0.2) is 0 Å². The molecule has 2 rings (SSSR count). The molecule has 24 heavy (non-hydrogen) atoms. The van der Waals surface area contributed by atoms with E-state index >= 15 is 0 Å². The molecule has 0 fully saturated rings. The fourth-order valence-corrected chi connectivity index (χ4v) is 2.61. The molecule has 0 bridgehead atoms. The topological polar surface area (TPSA) is 95.7 Å². The van der Waals surface area contributed by atoms with Gasteiger partial charge in [-0.15, -0.1) is 0 Å². The lowest BCUT2D eigenvalue weighted by molar-refractivity contribution is -0.384. The van der Waals surface area contributed by atoms with E-state index in [4.69, 9.17) is 9.47 Å². The summed E-state index contributed by atoms with van der Waals surface area (Å²) in [7, 11) is 0. The first-order valence-electron chi connectivity index (χ1n) is 7.84. The van der Waals surface area contributed by atoms with E-state index in [1.807, 2.05) is 0 Å². The van der Waals surface area contributed by atoms with Gasteiger partial charge < -0.3 is 9.47 Å². The van der Waals surface area contributed by atoms with E-state index in [2.05, 4.69) is 0 Å². The number of nitro groups is 1. The Morgan fingerprint density at radius 3 is 2.46 bits per heavy atom. The number of carbonyl (C=O) groups excluding carboxylic acids is 2. The third-order valence-corrected chi connectivity index (χ3v) is 3.74. The molecule has 0 unspecified atom stereocenters. The summed E-state index contributed by atoms with van der Waals surface area (Å²) in [5, 5.41) is 10.6. The van der Waals surface area contributed by atoms with Crippen LogP contribution in [0, 0.1) is 10.1 Å². The van der Waals surface area contributed by atoms with Crippen LogP contribution in [0.3, 0.4) is 0 Å². The molecule has 0 aliphatic heterocycles. The Hall–Kier alpha value is -2.70. The third kappa shape index (κ3) is 4.65. The molecule has 0 heterocycles. The summed E-state index contributed by atoms with van der Waals surface area (Å²) in [6.07, 6.45) is 3.12. The van der Waals surface area contributed by atoms with Crippen molar-refractivity contribution in [3.63, 3.8) is 0 Å². The Bertz CT molecular complexity index is 662. The zero-order valence-electron chi connectivity index (χ0n) is 13.4. The number of esters is 2. The highest BCUT2D eigenvalue weighted by molar-refractivity contribution is 5.91. The van der Waals surface area contributed by atoms with Crippen molar-refractivity contribution in [2.45, 2.75) is 39.0 Å². The van der Waals surface area contributed by atoms with Crippen LogP contribution in [0.1, 0.15) is 39.0 Å². The molecule has 0 amide bonds. The Balaban J connectivity index is 2.04. The van der Waals surface area contributed by atoms with Crippen LogP contribution >= 0.6 is 0 Å². The molecule has 0 atom stereocenters. The fraction of sp³-hybridized carbons (Fsp3) is 0.412. The Morgan fingerprint density at radius 2 is 1.83 bits per heavy atom. The number of carbonyl (C=O) groups is 2. The van der Waals surface area contributed by atoms with Gasteiger partial charge in [-0.3, -0.25) is 14.9 Å². The zero-order valence-corrected chi connectivity index (χ0v) is 13.4. The van der Waals surface area contributed by atoms with Gasteiger partial charge in [-0.05, 0) is 50.3 Å². The van der Waals surface area contributed by atoms with E-state index in [0.717, 1.165) is 18.4 Å². The van der Waals surface area contributed by atoms with Crippen LogP contribution in [0.15, 0.2) is 35.4 Å². The predicted octanol–water partition coefficient (Wildman–Crippen LogP) is 3.32. The molecule has 0 saturated heterocycles. The van der Waals surface area contributed by atoms with E-state index in [1.54, 1.807) is 6.92 Å². The first-order chi connectivity index (χ1) is 11.5. The highest BCUT2D eigenvalue weighted by atomic mass is 16.6. The number of nitro benzene ring substituents is 1. The summed E-state index contributed by atoms with van der Waals surface area (Å²) in [5.41, 5.74) is 1.25. The summed E-state index contributed by atoms with van der Waals surface area (Å²) < 4.78 is 10.2. The lowest BCUT2D eigenvalue weighted by Gasteiger charge is -2.18. The van der Waals surface area contributed by atoms with Crippen molar-refractivity contribution >= 4 is 17.6 Å². The maximum atomic E-state index is 12.1. The summed E-state index contributed by atoms with van der Waals surface area (Å²) in [6.45, 7) is 2.03. The van der Waals surface area contributed by atoms with Gasteiger partial charge in [0.1, 0.15) is 5.75 Å². The van der Waals surface area contributed by atoms with Gasteiger partial charge in [0.2, 0.25) is 0 Å². The molecule has 0 spiro atoms. The first-order valence-corrected chi connectivity index (χ1v) is 7.84. The van der Waals surface area contributed by atoms with Crippen molar-refractivity contribution in [2.75, 3.05) is 6.61 Å². The van der Waals surface area contributed by atoms with Crippen molar-refractivity contribution < 1.29 is 24.0 Å². The van der Waals surface area contributed by atoms with Crippen LogP contribution in [0.5, 0.6) is 5.75 Å². The molecule has 0 N–H and O–H groups in total. The van der Waals surface area contributed by atoms with Crippen molar-refractivity contribution in [1.82, 2.24) is 0 Å². The fourth-order valence-electron chi connectivity index (χ4n) is 2.61. The van der Waals surface area contributed by atoms with Crippen LogP contribution in [0.2, 0.25) is 0 Å². The second-order valence-electron chi connectivity index (χ2n) is 5.41. The normalized spacial score (nSPS) is 14.2. The Kier molecular flexibility index (Phi) is 6.06. The molecule has 1 aromatic carbocycles. The van der Waals surface area contributed by atoms with Gasteiger partial charge in [-0.1, -0.05) is 0 Å². The molecule has 128 valence electrons.